The molecular weight excluding hydrogens is 214 g/mol. The van der Waals surface area contributed by atoms with Gasteiger partial charge in [-0.1, -0.05) is 29.8 Å². The van der Waals surface area contributed by atoms with Gasteiger partial charge in [0.2, 0.25) is 0 Å². The number of carboxylic acid groups (broad SMARTS) is 1. The van der Waals surface area contributed by atoms with Crippen LogP contribution < -0.4 is 0 Å². The van der Waals surface area contributed by atoms with Crippen molar-refractivity contribution in [1.82, 2.24) is 4.90 Å². The largest absolute Gasteiger partial charge is 0.481 e. The highest BCUT2D eigenvalue weighted by molar-refractivity contribution is 5.72. The summed E-state index contributed by atoms with van der Waals surface area (Å²) in [4.78, 5) is 13.4. The van der Waals surface area contributed by atoms with Crippen LogP contribution in [0.3, 0.4) is 0 Å². The Morgan fingerprint density at radius 2 is 2.00 bits per heavy atom. The lowest BCUT2D eigenvalue weighted by molar-refractivity contribution is -0.144. The number of hydrogen-bond donors (Lipinski definition) is 1. The van der Waals surface area contributed by atoms with Gasteiger partial charge in [0, 0.05) is 6.54 Å². The van der Waals surface area contributed by atoms with Crippen LogP contribution in [0.15, 0.2) is 24.3 Å². The summed E-state index contributed by atoms with van der Waals surface area (Å²) in [6.07, 6.45) is 0.927. The molecule has 0 amide bonds. The standard InChI is InChI=1S/C14H19NO2/c1-10-3-5-11(6-4-10)12-7-8-15(2)9-13(12)14(16)17/h3-6,12-13H,7-9H2,1-2H3,(H,16,17). The lowest BCUT2D eigenvalue weighted by Crippen LogP contribution is -2.40. The van der Waals surface area contributed by atoms with Crippen molar-refractivity contribution in [3.8, 4) is 0 Å². The molecule has 0 aromatic heterocycles. The second-order valence-electron chi connectivity index (χ2n) is 5.01. The van der Waals surface area contributed by atoms with Crippen LogP contribution in [-0.2, 0) is 4.79 Å². The molecule has 0 aliphatic carbocycles. The Labute approximate surface area is 102 Å². The maximum absolute atomic E-state index is 11.3. The first-order valence-electron chi connectivity index (χ1n) is 6.06. The fraction of sp³-hybridized carbons (Fsp3) is 0.500. The molecule has 1 N–H and O–H groups in total. The molecule has 2 unspecified atom stereocenters. The summed E-state index contributed by atoms with van der Waals surface area (Å²) in [5.41, 5.74) is 2.38. The Balaban J connectivity index is 2.23. The summed E-state index contributed by atoms with van der Waals surface area (Å²) in [5.74, 6) is -0.803. The monoisotopic (exact) mass is 233 g/mol. The molecule has 1 aromatic rings. The maximum Gasteiger partial charge on any atom is 0.308 e. The molecule has 0 bridgehead atoms. The molecule has 1 fully saturated rings. The molecule has 3 heteroatoms. The number of aryl methyl sites for hydroxylation is 1. The van der Waals surface area contributed by atoms with Crippen LogP contribution >= 0.6 is 0 Å². The molecule has 2 atom stereocenters. The van der Waals surface area contributed by atoms with E-state index in [1.165, 1.54) is 5.56 Å². The average molecular weight is 233 g/mol. The van der Waals surface area contributed by atoms with E-state index in [0.29, 0.717) is 6.54 Å². The Hall–Kier alpha value is -1.35. The van der Waals surface area contributed by atoms with Gasteiger partial charge in [-0.3, -0.25) is 4.79 Å². The molecule has 0 saturated carbocycles. The van der Waals surface area contributed by atoms with Crippen molar-refractivity contribution in [2.24, 2.45) is 5.92 Å². The number of hydrogen-bond acceptors (Lipinski definition) is 2. The maximum atomic E-state index is 11.3. The van der Waals surface area contributed by atoms with Crippen molar-refractivity contribution in [3.63, 3.8) is 0 Å². The summed E-state index contributed by atoms with van der Waals surface area (Å²) < 4.78 is 0. The van der Waals surface area contributed by atoms with E-state index in [2.05, 4.69) is 29.2 Å². The van der Waals surface area contributed by atoms with E-state index in [-0.39, 0.29) is 11.8 Å². The van der Waals surface area contributed by atoms with Crippen molar-refractivity contribution in [1.29, 1.82) is 0 Å². The highest BCUT2D eigenvalue weighted by Gasteiger charge is 2.33. The van der Waals surface area contributed by atoms with E-state index in [9.17, 15) is 9.90 Å². The molecule has 17 heavy (non-hydrogen) atoms. The molecule has 1 heterocycles. The lowest BCUT2D eigenvalue weighted by Gasteiger charge is -2.34. The van der Waals surface area contributed by atoms with Gasteiger partial charge in [-0.2, -0.15) is 0 Å². The van der Waals surface area contributed by atoms with Gasteiger partial charge in [0.25, 0.3) is 0 Å². The summed E-state index contributed by atoms with van der Waals surface area (Å²) in [6.45, 7) is 3.67. The van der Waals surface area contributed by atoms with Crippen LogP contribution in [0.4, 0.5) is 0 Å². The van der Waals surface area contributed by atoms with Gasteiger partial charge in [-0.15, -0.1) is 0 Å². The van der Waals surface area contributed by atoms with Gasteiger partial charge < -0.3 is 10.0 Å². The first kappa shape index (κ1) is 12.1. The Morgan fingerprint density at radius 1 is 1.35 bits per heavy atom. The quantitative estimate of drug-likeness (QED) is 0.850. The van der Waals surface area contributed by atoms with Gasteiger partial charge in [0.15, 0.2) is 0 Å². The Kier molecular flexibility index (Phi) is 3.48. The average Bonchev–Trinajstić information content (AvgIpc) is 2.30. The predicted molar refractivity (Wildman–Crippen MR) is 67.2 cm³/mol. The van der Waals surface area contributed by atoms with Crippen LogP contribution in [0.5, 0.6) is 0 Å². The molecule has 92 valence electrons. The number of aliphatic carboxylic acids is 1. The van der Waals surface area contributed by atoms with Crippen LogP contribution in [0.2, 0.25) is 0 Å². The predicted octanol–water partition coefficient (Wildman–Crippen LogP) is 2.11. The third-order valence-corrected chi connectivity index (χ3v) is 3.64. The molecule has 0 radical (unpaired) electrons. The van der Waals surface area contributed by atoms with Crippen LogP contribution in [-0.4, -0.2) is 36.1 Å². The van der Waals surface area contributed by atoms with E-state index in [1.807, 2.05) is 14.0 Å². The fourth-order valence-corrected chi connectivity index (χ4v) is 2.58. The van der Waals surface area contributed by atoms with Crippen molar-refractivity contribution < 1.29 is 9.90 Å². The number of likely N-dealkylation sites (tertiary alicyclic amines) is 1. The Morgan fingerprint density at radius 3 is 2.59 bits per heavy atom. The molecule has 2 rings (SSSR count). The lowest BCUT2D eigenvalue weighted by atomic mass is 9.80. The zero-order valence-corrected chi connectivity index (χ0v) is 10.4. The van der Waals surface area contributed by atoms with Gasteiger partial charge in [-0.25, -0.2) is 0 Å². The summed E-state index contributed by atoms with van der Waals surface area (Å²) in [6, 6.07) is 8.27. The minimum atomic E-state index is -0.679. The second-order valence-corrected chi connectivity index (χ2v) is 5.01. The number of carboxylic acids is 1. The number of carbonyl (C=O) groups is 1. The molecular formula is C14H19NO2. The van der Waals surface area contributed by atoms with Gasteiger partial charge in [0.05, 0.1) is 5.92 Å². The van der Waals surface area contributed by atoms with Crippen LogP contribution in [0.25, 0.3) is 0 Å². The topological polar surface area (TPSA) is 40.5 Å². The van der Waals surface area contributed by atoms with Gasteiger partial charge in [-0.05, 0) is 38.4 Å². The molecule has 1 saturated heterocycles. The molecule has 1 aromatic carbocycles. The molecule has 1 aliphatic heterocycles. The van der Waals surface area contributed by atoms with Crippen LogP contribution in [0, 0.1) is 12.8 Å². The zero-order valence-electron chi connectivity index (χ0n) is 10.4. The van der Waals surface area contributed by atoms with Crippen molar-refractivity contribution in [3.05, 3.63) is 35.4 Å². The third kappa shape index (κ3) is 2.67. The zero-order chi connectivity index (χ0) is 12.4. The number of piperidine rings is 1. The number of benzene rings is 1. The van der Waals surface area contributed by atoms with Crippen molar-refractivity contribution in [2.45, 2.75) is 19.3 Å². The normalized spacial score (nSPS) is 25.8. The van der Waals surface area contributed by atoms with E-state index in [4.69, 9.17) is 0 Å². The fourth-order valence-electron chi connectivity index (χ4n) is 2.58. The van der Waals surface area contributed by atoms with Crippen LogP contribution in [0.1, 0.15) is 23.5 Å². The molecule has 3 nitrogen and oxygen atoms in total. The van der Waals surface area contributed by atoms with Crippen molar-refractivity contribution >= 4 is 5.97 Å². The second kappa shape index (κ2) is 4.88. The minimum absolute atomic E-state index is 0.157. The van der Waals surface area contributed by atoms with Gasteiger partial charge in [0.1, 0.15) is 0 Å². The van der Waals surface area contributed by atoms with E-state index < -0.39 is 5.97 Å². The summed E-state index contributed by atoms with van der Waals surface area (Å²) in [5, 5.41) is 9.32. The van der Waals surface area contributed by atoms with E-state index >= 15 is 0 Å². The third-order valence-electron chi connectivity index (χ3n) is 3.64. The number of rotatable bonds is 2. The molecule has 0 spiro atoms. The summed E-state index contributed by atoms with van der Waals surface area (Å²) in [7, 11) is 1.99. The Bertz CT molecular complexity index is 399. The first-order chi connectivity index (χ1) is 8.08. The number of nitrogens with zero attached hydrogens (tertiary/aromatic N) is 1. The molecule has 1 aliphatic rings. The SMILES string of the molecule is Cc1ccc(C2CCN(C)CC2C(=O)O)cc1. The minimum Gasteiger partial charge on any atom is -0.481 e. The van der Waals surface area contributed by atoms with E-state index in [0.717, 1.165) is 18.5 Å². The highest BCUT2D eigenvalue weighted by atomic mass is 16.4. The smallest absolute Gasteiger partial charge is 0.308 e. The summed E-state index contributed by atoms with van der Waals surface area (Å²) >= 11 is 0. The van der Waals surface area contributed by atoms with Gasteiger partial charge >= 0.3 is 5.97 Å². The van der Waals surface area contributed by atoms with Crippen molar-refractivity contribution in [2.75, 3.05) is 20.1 Å². The highest BCUT2D eigenvalue weighted by Crippen LogP contribution is 2.32. The van der Waals surface area contributed by atoms with E-state index in [1.54, 1.807) is 0 Å². The first-order valence-corrected chi connectivity index (χ1v) is 6.06.